The van der Waals surface area contributed by atoms with Crippen molar-refractivity contribution in [2.75, 3.05) is 12.3 Å². The minimum absolute atomic E-state index is 0.470. The van der Waals surface area contributed by atoms with Gasteiger partial charge in [0, 0.05) is 16.6 Å². The van der Waals surface area contributed by atoms with Crippen molar-refractivity contribution in [2.45, 2.75) is 25.0 Å². The molecule has 0 rings (SSSR count). The Balaban J connectivity index is 3.95. The molecule has 12 heavy (non-hydrogen) atoms. The van der Waals surface area contributed by atoms with Gasteiger partial charge in [-0.3, -0.25) is 9.00 Å². The summed E-state index contributed by atoms with van der Waals surface area (Å²) in [5.74, 6) is -0.00865. The molecule has 2 atom stereocenters. The molecule has 0 aliphatic carbocycles. The van der Waals surface area contributed by atoms with Gasteiger partial charge in [0.05, 0.1) is 0 Å². The summed E-state index contributed by atoms with van der Waals surface area (Å²) in [4.78, 5) is 10.7. The van der Waals surface area contributed by atoms with Crippen molar-refractivity contribution >= 4 is 16.7 Å². The summed E-state index contributed by atoms with van der Waals surface area (Å²) in [5.41, 5.74) is 10.3. The summed E-state index contributed by atoms with van der Waals surface area (Å²) in [6.45, 7) is 2.30. The van der Waals surface area contributed by atoms with Gasteiger partial charge >= 0.3 is 0 Å². The lowest BCUT2D eigenvalue weighted by Crippen LogP contribution is -2.33. The van der Waals surface area contributed by atoms with Crippen molar-refractivity contribution in [3.05, 3.63) is 0 Å². The molecule has 1 amide bonds. The van der Waals surface area contributed by atoms with Gasteiger partial charge in [-0.2, -0.15) is 0 Å². The van der Waals surface area contributed by atoms with Crippen molar-refractivity contribution in [1.29, 1.82) is 0 Å². The molecule has 5 heteroatoms. The Hall–Kier alpha value is -0.420. The highest BCUT2D eigenvalue weighted by Crippen LogP contribution is 2.02. The van der Waals surface area contributed by atoms with Gasteiger partial charge < -0.3 is 11.5 Å². The topological polar surface area (TPSA) is 86.2 Å². The SMILES string of the molecule is CCC(C(N)=O)S(=O)CCCN. The fraction of sp³-hybridized carbons (Fsp3) is 0.857. The zero-order valence-electron chi connectivity index (χ0n) is 7.29. The molecule has 4 nitrogen and oxygen atoms in total. The van der Waals surface area contributed by atoms with Gasteiger partial charge in [-0.15, -0.1) is 0 Å². The van der Waals surface area contributed by atoms with Gasteiger partial charge in [-0.1, -0.05) is 6.92 Å². The van der Waals surface area contributed by atoms with Crippen molar-refractivity contribution in [2.24, 2.45) is 11.5 Å². The number of amides is 1. The molecular weight excluding hydrogens is 176 g/mol. The normalized spacial score (nSPS) is 15.5. The Morgan fingerprint density at radius 3 is 2.50 bits per heavy atom. The first-order chi connectivity index (χ1) is 5.63. The van der Waals surface area contributed by atoms with Crippen LogP contribution in [0.25, 0.3) is 0 Å². The van der Waals surface area contributed by atoms with E-state index in [1.165, 1.54) is 0 Å². The van der Waals surface area contributed by atoms with Gasteiger partial charge in [0.15, 0.2) is 0 Å². The molecule has 0 radical (unpaired) electrons. The van der Waals surface area contributed by atoms with E-state index >= 15 is 0 Å². The number of rotatable bonds is 6. The predicted molar refractivity (Wildman–Crippen MR) is 50.0 cm³/mol. The molecule has 0 fully saturated rings. The minimum atomic E-state index is -1.14. The van der Waals surface area contributed by atoms with Crippen molar-refractivity contribution in [1.82, 2.24) is 0 Å². The van der Waals surface area contributed by atoms with Crippen molar-refractivity contribution in [3.8, 4) is 0 Å². The van der Waals surface area contributed by atoms with E-state index in [9.17, 15) is 9.00 Å². The second-order valence-electron chi connectivity index (χ2n) is 2.53. The molecule has 0 aromatic rings. The zero-order valence-corrected chi connectivity index (χ0v) is 8.10. The smallest absolute Gasteiger partial charge is 0.233 e. The van der Waals surface area contributed by atoms with E-state index in [1.54, 1.807) is 6.92 Å². The maximum absolute atomic E-state index is 11.3. The van der Waals surface area contributed by atoms with Crippen LogP contribution in [0.2, 0.25) is 0 Å². The predicted octanol–water partition coefficient (Wildman–Crippen LogP) is -0.652. The molecule has 0 aromatic carbocycles. The number of primary amides is 1. The highest BCUT2D eigenvalue weighted by molar-refractivity contribution is 7.86. The van der Waals surface area contributed by atoms with Gasteiger partial charge in [0.1, 0.15) is 5.25 Å². The Morgan fingerprint density at radius 1 is 1.58 bits per heavy atom. The molecule has 0 aliphatic rings. The molecule has 0 saturated heterocycles. The van der Waals surface area contributed by atoms with Crippen LogP contribution >= 0.6 is 0 Å². The summed E-state index contributed by atoms with van der Waals surface area (Å²) in [6.07, 6.45) is 1.21. The van der Waals surface area contributed by atoms with Crippen LogP contribution in [0.15, 0.2) is 0 Å². The van der Waals surface area contributed by atoms with E-state index in [1.807, 2.05) is 0 Å². The highest BCUT2D eigenvalue weighted by Gasteiger charge is 2.19. The summed E-state index contributed by atoms with van der Waals surface area (Å²) < 4.78 is 11.3. The second kappa shape index (κ2) is 6.14. The number of nitrogens with two attached hydrogens (primary N) is 2. The van der Waals surface area contributed by atoms with Crippen LogP contribution in [-0.2, 0) is 15.6 Å². The lowest BCUT2D eigenvalue weighted by molar-refractivity contribution is -0.117. The maximum Gasteiger partial charge on any atom is 0.233 e. The van der Waals surface area contributed by atoms with Crippen LogP contribution in [0.3, 0.4) is 0 Å². The van der Waals surface area contributed by atoms with Gasteiger partial charge in [-0.25, -0.2) is 0 Å². The van der Waals surface area contributed by atoms with E-state index in [0.717, 1.165) is 0 Å². The molecule has 4 N–H and O–H groups in total. The quantitative estimate of drug-likeness (QED) is 0.586. The third-order valence-corrected chi connectivity index (χ3v) is 3.45. The van der Waals surface area contributed by atoms with E-state index < -0.39 is 22.0 Å². The molecule has 2 unspecified atom stereocenters. The minimum Gasteiger partial charge on any atom is -0.369 e. The molecular formula is C7H16N2O2S. The highest BCUT2D eigenvalue weighted by atomic mass is 32.2. The molecule has 0 aromatic heterocycles. The monoisotopic (exact) mass is 192 g/mol. The van der Waals surface area contributed by atoms with Crippen LogP contribution in [0.4, 0.5) is 0 Å². The van der Waals surface area contributed by atoms with Crippen LogP contribution in [0.1, 0.15) is 19.8 Å². The first kappa shape index (κ1) is 11.6. The number of carbonyl (C=O) groups is 1. The van der Waals surface area contributed by atoms with E-state index in [4.69, 9.17) is 11.5 Å². The standard InChI is InChI=1S/C7H16N2O2S/c1-2-6(7(9)10)12(11)5-3-4-8/h6H,2-5,8H2,1H3,(H2,9,10). The fourth-order valence-corrected chi connectivity index (χ4v) is 2.25. The van der Waals surface area contributed by atoms with E-state index in [0.29, 0.717) is 25.1 Å². The average molecular weight is 192 g/mol. The molecule has 0 spiro atoms. The molecule has 0 aliphatic heterocycles. The van der Waals surface area contributed by atoms with E-state index in [2.05, 4.69) is 0 Å². The van der Waals surface area contributed by atoms with E-state index in [-0.39, 0.29) is 0 Å². The van der Waals surface area contributed by atoms with Crippen LogP contribution < -0.4 is 11.5 Å². The molecule has 0 heterocycles. The lowest BCUT2D eigenvalue weighted by Gasteiger charge is -2.09. The third-order valence-electron chi connectivity index (χ3n) is 1.56. The van der Waals surface area contributed by atoms with Gasteiger partial charge in [-0.05, 0) is 19.4 Å². The maximum atomic E-state index is 11.3. The molecule has 0 saturated carbocycles. The Labute approximate surface area is 75.1 Å². The summed E-state index contributed by atoms with van der Waals surface area (Å²) in [7, 11) is -1.14. The average Bonchev–Trinajstić information content (AvgIpc) is 2.01. The molecule has 0 bridgehead atoms. The first-order valence-electron chi connectivity index (χ1n) is 4.00. The number of hydrogen-bond donors (Lipinski definition) is 2. The second-order valence-corrected chi connectivity index (χ2v) is 4.27. The van der Waals surface area contributed by atoms with Crippen LogP contribution in [0, 0.1) is 0 Å². The van der Waals surface area contributed by atoms with Crippen LogP contribution in [0.5, 0.6) is 0 Å². The largest absolute Gasteiger partial charge is 0.369 e. The lowest BCUT2D eigenvalue weighted by atomic mass is 10.3. The Bertz CT molecular complexity index is 173. The zero-order chi connectivity index (χ0) is 9.56. The fourth-order valence-electron chi connectivity index (χ4n) is 0.884. The third kappa shape index (κ3) is 3.82. The summed E-state index contributed by atoms with van der Waals surface area (Å²) >= 11 is 0. The van der Waals surface area contributed by atoms with Crippen LogP contribution in [-0.4, -0.2) is 27.7 Å². The molecule has 72 valence electrons. The summed E-state index contributed by atoms with van der Waals surface area (Å²) in [5, 5.41) is -0.503. The number of carbonyl (C=O) groups excluding carboxylic acids is 1. The van der Waals surface area contributed by atoms with Crippen molar-refractivity contribution < 1.29 is 9.00 Å². The Kier molecular flexibility index (Phi) is 5.92. The Morgan fingerprint density at radius 2 is 2.17 bits per heavy atom. The van der Waals surface area contributed by atoms with Crippen molar-refractivity contribution in [3.63, 3.8) is 0 Å². The number of hydrogen-bond acceptors (Lipinski definition) is 3. The summed E-state index contributed by atoms with van der Waals surface area (Å²) in [6, 6.07) is 0. The first-order valence-corrected chi connectivity index (χ1v) is 5.38. The van der Waals surface area contributed by atoms with Gasteiger partial charge in [0.2, 0.25) is 5.91 Å². The van der Waals surface area contributed by atoms with Gasteiger partial charge in [0.25, 0.3) is 0 Å².